The van der Waals surface area contributed by atoms with Crippen molar-refractivity contribution in [2.24, 2.45) is 16.3 Å². The van der Waals surface area contributed by atoms with E-state index in [0.29, 0.717) is 12.8 Å². The van der Waals surface area contributed by atoms with E-state index in [1.165, 1.54) is 6.42 Å². The lowest BCUT2D eigenvalue weighted by molar-refractivity contribution is -0.146. The van der Waals surface area contributed by atoms with Crippen molar-refractivity contribution in [1.82, 2.24) is 4.90 Å². The molecule has 2 fully saturated rings. The fourth-order valence-electron chi connectivity index (χ4n) is 3.90. The Morgan fingerprint density at radius 3 is 2.20 bits per heavy atom. The minimum Gasteiger partial charge on any atom is -0.409 e. The van der Waals surface area contributed by atoms with Crippen LogP contribution < -0.4 is 5.73 Å². The number of nitrogens with zero attached hydrogens (tertiary/aromatic N) is 2. The maximum Gasteiger partial charge on any atom is 0.237 e. The van der Waals surface area contributed by atoms with Crippen molar-refractivity contribution in [1.29, 1.82) is 0 Å². The normalized spacial score (nSPS) is 31.1. The Bertz CT molecular complexity index is 379. The summed E-state index contributed by atoms with van der Waals surface area (Å²) in [5, 5.41) is 12.3. The van der Waals surface area contributed by atoms with E-state index < -0.39 is 5.41 Å². The molecule has 2 rings (SSSR count). The molecule has 5 nitrogen and oxygen atoms in total. The molecule has 2 atom stereocenters. The number of oxime groups is 1. The number of amides is 1. The molecule has 1 aliphatic heterocycles. The first-order chi connectivity index (χ1) is 9.53. The van der Waals surface area contributed by atoms with Crippen LogP contribution in [0.25, 0.3) is 0 Å². The number of hydrogen-bond donors (Lipinski definition) is 2. The van der Waals surface area contributed by atoms with Crippen LogP contribution in [0.3, 0.4) is 0 Å². The van der Waals surface area contributed by atoms with Gasteiger partial charge in [0.25, 0.3) is 0 Å². The Balaban J connectivity index is 2.30. The Labute approximate surface area is 121 Å². The van der Waals surface area contributed by atoms with Crippen molar-refractivity contribution < 1.29 is 10.0 Å². The number of piperidine rings is 1. The van der Waals surface area contributed by atoms with Crippen molar-refractivity contribution in [3.05, 3.63) is 0 Å². The Morgan fingerprint density at radius 1 is 1.15 bits per heavy atom. The van der Waals surface area contributed by atoms with E-state index in [0.717, 1.165) is 32.1 Å². The second-order valence-corrected chi connectivity index (χ2v) is 6.47. The van der Waals surface area contributed by atoms with Crippen LogP contribution in [0.1, 0.15) is 65.2 Å². The highest BCUT2D eigenvalue weighted by Crippen LogP contribution is 2.40. The standard InChI is InChI=1S/C15H27N3O2/c1-11-7-6-8-12(2)18(11)14(19)15(13(16)17-20)9-4-3-5-10-15/h11-12,20H,3-10H2,1-2H3,(H2,16,17). The molecule has 0 aromatic heterocycles. The van der Waals surface area contributed by atoms with Crippen LogP contribution in [0.4, 0.5) is 0 Å². The van der Waals surface area contributed by atoms with Gasteiger partial charge in [-0.15, -0.1) is 0 Å². The van der Waals surface area contributed by atoms with Gasteiger partial charge < -0.3 is 15.8 Å². The third-order valence-electron chi connectivity index (χ3n) is 5.14. The summed E-state index contributed by atoms with van der Waals surface area (Å²) in [5.41, 5.74) is 5.16. The number of amidine groups is 1. The molecular formula is C15H27N3O2. The molecule has 114 valence electrons. The van der Waals surface area contributed by atoms with E-state index in [2.05, 4.69) is 19.0 Å². The Hall–Kier alpha value is -1.26. The van der Waals surface area contributed by atoms with Crippen LogP contribution in [0, 0.1) is 5.41 Å². The van der Waals surface area contributed by atoms with E-state index >= 15 is 0 Å². The van der Waals surface area contributed by atoms with Crippen LogP contribution in [-0.4, -0.2) is 33.9 Å². The second kappa shape index (κ2) is 6.02. The minimum atomic E-state index is -0.771. The molecule has 2 unspecified atom stereocenters. The minimum absolute atomic E-state index is 0.0761. The van der Waals surface area contributed by atoms with Crippen molar-refractivity contribution in [2.45, 2.75) is 77.3 Å². The number of rotatable bonds is 2. The lowest BCUT2D eigenvalue weighted by Gasteiger charge is -2.45. The monoisotopic (exact) mass is 281 g/mol. The van der Waals surface area contributed by atoms with Crippen LogP contribution >= 0.6 is 0 Å². The maximum absolute atomic E-state index is 13.2. The Morgan fingerprint density at radius 2 is 1.70 bits per heavy atom. The van der Waals surface area contributed by atoms with E-state index in [1.54, 1.807) is 0 Å². The van der Waals surface area contributed by atoms with Gasteiger partial charge in [-0.05, 0) is 46.0 Å². The molecule has 1 amide bonds. The Kier molecular flexibility index (Phi) is 4.55. The zero-order valence-electron chi connectivity index (χ0n) is 12.6. The van der Waals surface area contributed by atoms with Gasteiger partial charge in [0.15, 0.2) is 5.84 Å². The van der Waals surface area contributed by atoms with Crippen LogP contribution in [-0.2, 0) is 4.79 Å². The van der Waals surface area contributed by atoms with E-state index in [1.807, 2.05) is 4.90 Å². The molecule has 1 aliphatic carbocycles. The van der Waals surface area contributed by atoms with Gasteiger partial charge >= 0.3 is 0 Å². The van der Waals surface area contributed by atoms with Gasteiger partial charge in [0, 0.05) is 12.1 Å². The predicted molar refractivity (Wildman–Crippen MR) is 78.5 cm³/mol. The predicted octanol–water partition coefficient (Wildman–Crippen LogP) is 2.47. The van der Waals surface area contributed by atoms with E-state index in [4.69, 9.17) is 10.9 Å². The van der Waals surface area contributed by atoms with Gasteiger partial charge in [0.05, 0.1) is 0 Å². The molecule has 1 heterocycles. The molecule has 1 saturated heterocycles. The number of likely N-dealkylation sites (tertiary alicyclic amines) is 1. The summed E-state index contributed by atoms with van der Waals surface area (Å²) in [6, 6.07) is 0.494. The summed E-state index contributed by atoms with van der Waals surface area (Å²) in [6.45, 7) is 4.22. The van der Waals surface area contributed by atoms with E-state index in [-0.39, 0.29) is 23.8 Å². The quantitative estimate of drug-likeness (QED) is 0.353. The third-order valence-corrected chi connectivity index (χ3v) is 5.14. The van der Waals surface area contributed by atoms with Crippen molar-refractivity contribution in [3.63, 3.8) is 0 Å². The van der Waals surface area contributed by atoms with Crippen molar-refractivity contribution in [3.8, 4) is 0 Å². The van der Waals surface area contributed by atoms with Gasteiger partial charge in [-0.3, -0.25) is 4.79 Å². The highest BCUT2D eigenvalue weighted by molar-refractivity contribution is 6.07. The van der Waals surface area contributed by atoms with Crippen LogP contribution in [0.2, 0.25) is 0 Å². The molecule has 0 aromatic rings. The van der Waals surface area contributed by atoms with E-state index in [9.17, 15) is 4.79 Å². The fraction of sp³-hybridized carbons (Fsp3) is 0.867. The lowest BCUT2D eigenvalue weighted by Crippen LogP contribution is -2.58. The van der Waals surface area contributed by atoms with Gasteiger partial charge in [0.2, 0.25) is 5.91 Å². The average molecular weight is 281 g/mol. The van der Waals surface area contributed by atoms with Crippen LogP contribution in [0.15, 0.2) is 5.16 Å². The summed E-state index contributed by atoms with van der Waals surface area (Å²) < 4.78 is 0. The second-order valence-electron chi connectivity index (χ2n) is 6.47. The highest BCUT2D eigenvalue weighted by atomic mass is 16.4. The smallest absolute Gasteiger partial charge is 0.237 e. The highest BCUT2D eigenvalue weighted by Gasteiger charge is 2.48. The number of hydrogen-bond acceptors (Lipinski definition) is 3. The number of nitrogens with two attached hydrogens (primary N) is 1. The SMILES string of the molecule is CC1CCCC(C)N1C(=O)C1(C(N)=NO)CCCCC1. The third kappa shape index (κ3) is 2.50. The fourth-order valence-corrected chi connectivity index (χ4v) is 3.90. The molecule has 3 N–H and O–H groups in total. The first kappa shape index (κ1) is 15.1. The molecule has 2 aliphatic rings. The van der Waals surface area contributed by atoms with Gasteiger partial charge in [0.1, 0.15) is 5.41 Å². The topological polar surface area (TPSA) is 78.9 Å². The molecule has 0 spiro atoms. The summed E-state index contributed by atoms with van der Waals surface area (Å²) in [6.07, 6.45) is 7.73. The first-order valence-electron chi connectivity index (χ1n) is 7.83. The molecular weight excluding hydrogens is 254 g/mol. The first-order valence-corrected chi connectivity index (χ1v) is 7.83. The van der Waals surface area contributed by atoms with Crippen LogP contribution in [0.5, 0.6) is 0 Å². The molecule has 0 aromatic carbocycles. The summed E-state index contributed by atoms with van der Waals surface area (Å²) in [5.74, 6) is 0.180. The van der Waals surface area contributed by atoms with Gasteiger partial charge in [-0.1, -0.05) is 24.4 Å². The summed E-state index contributed by atoms with van der Waals surface area (Å²) >= 11 is 0. The maximum atomic E-state index is 13.2. The van der Waals surface area contributed by atoms with Gasteiger partial charge in [-0.25, -0.2) is 0 Å². The van der Waals surface area contributed by atoms with Crippen molar-refractivity contribution in [2.75, 3.05) is 0 Å². The molecule has 0 bridgehead atoms. The zero-order chi connectivity index (χ0) is 14.8. The average Bonchev–Trinajstić information content (AvgIpc) is 2.46. The summed E-state index contributed by atoms with van der Waals surface area (Å²) in [7, 11) is 0. The van der Waals surface area contributed by atoms with Crippen molar-refractivity contribution >= 4 is 11.7 Å². The molecule has 1 saturated carbocycles. The lowest BCUT2D eigenvalue weighted by atomic mass is 9.71. The zero-order valence-corrected chi connectivity index (χ0v) is 12.6. The summed E-state index contributed by atoms with van der Waals surface area (Å²) in [4.78, 5) is 15.1. The largest absolute Gasteiger partial charge is 0.409 e. The number of carbonyl (C=O) groups excluding carboxylic acids is 1. The number of carbonyl (C=O) groups is 1. The molecule has 0 radical (unpaired) electrons. The molecule has 5 heteroatoms. The van der Waals surface area contributed by atoms with Gasteiger partial charge in [-0.2, -0.15) is 0 Å². The molecule has 20 heavy (non-hydrogen) atoms.